The Morgan fingerprint density at radius 2 is 0.707 bits per heavy atom. The zero-order chi connectivity index (χ0) is 32.8. The predicted octanol–water partition coefficient (Wildman–Crippen LogP) is -2.48. The Labute approximate surface area is 222 Å². The topological polar surface area (TPSA) is 404 Å². The van der Waals surface area contributed by atoms with Crippen molar-refractivity contribution in [3.05, 3.63) is 80.9 Å². The molecule has 0 aliphatic rings. The minimum absolute atomic E-state index is 0.130. The van der Waals surface area contributed by atoms with Crippen LogP contribution in [0.2, 0.25) is 0 Å². The Balaban J connectivity index is 7.68. The summed E-state index contributed by atoms with van der Waals surface area (Å²) in [6.07, 6.45) is -4.27. The van der Waals surface area contributed by atoms with Gasteiger partial charge in [0.1, 0.15) is 32.5 Å². The summed E-state index contributed by atoms with van der Waals surface area (Å²) < 4.78 is 9.58. The number of aliphatic hydroxyl groups is 2. The smallest absolute Gasteiger partial charge is 0.382 e. The highest BCUT2D eigenvalue weighted by atomic mass is 16.7. The lowest BCUT2D eigenvalue weighted by Crippen LogP contribution is -2.62. The number of hydrogen-bond acceptors (Lipinski definition) is 20. The van der Waals surface area contributed by atoms with E-state index in [-0.39, 0.29) is 13.8 Å². The third kappa shape index (κ3) is 6.79. The van der Waals surface area contributed by atoms with Crippen LogP contribution in [0.4, 0.5) is 0 Å². The van der Waals surface area contributed by atoms with Gasteiger partial charge in [0.25, 0.3) is 0 Å². The summed E-state index contributed by atoms with van der Waals surface area (Å²) in [5, 5.41) is 111. The fourth-order valence-corrected chi connectivity index (χ4v) is 2.88. The van der Waals surface area contributed by atoms with Crippen LogP contribution >= 0.6 is 0 Å². The van der Waals surface area contributed by atoms with Crippen molar-refractivity contribution in [3.8, 4) is 0 Å². The van der Waals surface area contributed by atoms with E-state index in [0.717, 1.165) is 0 Å². The van der Waals surface area contributed by atoms with Gasteiger partial charge in [0, 0.05) is 0 Å². The van der Waals surface area contributed by atoms with E-state index in [2.05, 4.69) is 0 Å². The third-order valence-electron chi connectivity index (χ3n) is 5.78. The van der Waals surface area contributed by atoms with Gasteiger partial charge in [0.2, 0.25) is 0 Å². The first-order valence-corrected chi connectivity index (χ1v) is 10.2. The van der Waals surface area contributed by atoms with E-state index in [1.165, 1.54) is 0 Å². The normalized spacial score (nSPS) is 12.8. The number of ether oxygens (including phenoxy) is 2. The van der Waals surface area contributed by atoms with Gasteiger partial charge in [-0.05, 0) is 0 Å². The maximum atomic E-state index is 11.6. The van der Waals surface area contributed by atoms with Gasteiger partial charge < -0.3 is 19.7 Å². The molecule has 0 atom stereocenters. The van der Waals surface area contributed by atoms with Crippen molar-refractivity contribution in [3.63, 3.8) is 0 Å². The number of aliphatic hydroxyl groups excluding tert-OH is 2. The highest BCUT2D eigenvalue weighted by Crippen LogP contribution is 2.38. The van der Waals surface area contributed by atoms with Gasteiger partial charge in [-0.15, -0.1) is 0 Å². The third-order valence-corrected chi connectivity index (χ3v) is 5.78. The zero-order valence-corrected chi connectivity index (χ0v) is 20.6. The molecule has 0 aromatic carbocycles. The lowest BCUT2D eigenvalue weighted by Gasteiger charge is -2.36. The Kier molecular flexibility index (Phi) is 11.0. The van der Waals surface area contributed by atoms with Crippen LogP contribution in [0.25, 0.3) is 0 Å². The summed E-state index contributed by atoms with van der Waals surface area (Å²) in [6, 6.07) is 0. The number of hydrogen-bond donors (Lipinski definition) is 2. The Morgan fingerprint density at radius 3 is 0.854 bits per heavy atom. The summed E-state index contributed by atoms with van der Waals surface area (Å²) in [7, 11) is 0. The fourth-order valence-electron chi connectivity index (χ4n) is 2.88. The van der Waals surface area contributed by atoms with E-state index < -0.39 is 107 Å². The van der Waals surface area contributed by atoms with E-state index >= 15 is 0 Å². The molecule has 232 valence electrons. The highest BCUT2D eigenvalue weighted by molar-refractivity contribution is 4.85. The molecule has 0 spiro atoms. The lowest BCUT2D eigenvalue weighted by molar-refractivity contribution is -0.816. The van der Waals surface area contributed by atoms with Crippen LogP contribution in [0.3, 0.4) is 0 Å². The number of rotatable bonds is 20. The zero-order valence-electron chi connectivity index (χ0n) is 20.6. The summed E-state index contributed by atoms with van der Waals surface area (Å²) in [5.41, 5.74) is -15.2. The van der Waals surface area contributed by atoms with E-state index in [1.807, 2.05) is 0 Å². The predicted molar refractivity (Wildman–Crippen MR) is 116 cm³/mol. The lowest BCUT2D eigenvalue weighted by atomic mass is 9.92. The van der Waals surface area contributed by atoms with Crippen LogP contribution in [0.1, 0.15) is 26.7 Å². The first-order chi connectivity index (χ1) is 18.5. The molecule has 0 radical (unpaired) electrons. The largest absolute Gasteiger partial charge is 0.502 e. The van der Waals surface area contributed by atoms with Gasteiger partial charge in [-0.2, -0.15) is 0 Å². The molecule has 0 amide bonds. The Hall–Kier alpha value is -4.96. The molecule has 0 saturated carbocycles. The number of nitro groups is 8. The molecule has 0 bridgehead atoms. The van der Waals surface area contributed by atoms with Crippen molar-refractivity contribution in [1.82, 2.24) is 0 Å². The molecule has 28 nitrogen and oxygen atoms in total. The molecular formula is C13H20N8O20. The maximum Gasteiger partial charge on any atom is 0.502 e. The molecule has 0 rings (SSSR count). The summed E-state index contributed by atoms with van der Waals surface area (Å²) in [5.74, 6) is -3.86. The summed E-state index contributed by atoms with van der Waals surface area (Å²) in [6.45, 7) is -8.27. The van der Waals surface area contributed by atoms with Gasteiger partial charge in [-0.3, -0.25) is 80.9 Å². The first-order valence-electron chi connectivity index (χ1n) is 10.2. The van der Waals surface area contributed by atoms with Crippen LogP contribution < -0.4 is 0 Å². The van der Waals surface area contributed by atoms with E-state index in [0.29, 0.717) is 0 Å². The van der Waals surface area contributed by atoms with Crippen LogP contribution in [0.15, 0.2) is 0 Å². The maximum absolute atomic E-state index is 11.6. The quantitative estimate of drug-likeness (QED) is 0.0820. The molecule has 0 fully saturated rings. The van der Waals surface area contributed by atoms with Crippen molar-refractivity contribution in [2.45, 2.75) is 55.1 Å². The van der Waals surface area contributed by atoms with Crippen LogP contribution in [-0.2, 0) is 9.47 Å². The molecule has 0 heterocycles. The number of nitrogens with zero attached hydrogens (tertiary/aromatic N) is 8. The first kappa shape index (κ1) is 36.0. The molecular weight excluding hydrogens is 588 g/mol. The van der Waals surface area contributed by atoms with Crippen molar-refractivity contribution >= 4 is 0 Å². The van der Waals surface area contributed by atoms with E-state index in [1.54, 1.807) is 0 Å². The second kappa shape index (κ2) is 12.5. The van der Waals surface area contributed by atoms with Gasteiger partial charge >= 0.3 is 22.7 Å². The van der Waals surface area contributed by atoms with E-state index in [9.17, 15) is 91.1 Å². The SMILES string of the molecule is CC(CC(CC(C)([N+](=O)[O-])[N+](=O)[O-])(OCC(CO)([N+](=O)[O-])[N+](=O)[O-])OCC(CO)([N+](=O)[O-])[N+](=O)[O-])([N+](=O)[O-])[N+](=O)[O-]. The standard InChI is InChI=1S/C13H20N8O20/c1-9(14(24)25,15(26)27)3-13(4-10(2,16(28)29)17(30)31,40-7-11(5-22,18(32)33)19(34)35)41-8-12(6-23,20(36)37)21(38)39/h22-23H,3-8H2,1-2H3. The highest BCUT2D eigenvalue weighted by Gasteiger charge is 2.69. The molecule has 41 heavy (non-hydrogen) atoms. The molecule has 0 aromatic rings. The second-order valence-electron chi connectivity index (χ2n) is 8.61. The van der Waals surface area contributed by atoms with Crippen LogP contribution in [-0.4, -0.2) is 104 Å². The van der Waals surface area contributed by atoms with Crippen molar-refractivity contribution in [1.29, 1.82) is 0 Å². The average molecular weight is 608 g/mol. The Bertz CT molecular complexity index is 982. The van der Waals surface area contributed by atoms with Gasteiger partial charge in [0.05, 0.1) is 33.5 Å². The fraction of sp³-hybridized carbons (Fsp3) is 1.00. The molecule has 0 aliphatic heterocycles. The van der Waals surface area contributed by atoms with Crippen LogP contribution in [0.5, 0.6) is 0 Å². The van der Waals surface area contributed by atoms with Crippen LogP contribution in [0, 0.1) is 80.9 Å². The Morgan fingerprint density at radius 1 is 0.488 bits per heavy atom. The van der Waals surface area contributed by atoms with Gasteiger partial charge in [-0.25, -0.2) is 0 Å². The summed E-state index contributed by atoms with van der Waals surface area (Å²) >= 11 is 0. The second-order valence-corrected chi connectivity index (χ2v) is 8.61. The van der Waals surface area contributed by atoms with Crippen molar-refractivity contribution in [2.75, 3.05) is 26.4 Å². The molecule has 0 aromatic heterocycles. The van der Waals surface area contributed by atoms with Crippen molar-refractivity contribution < 1.29 is 59.1 Å². The minimum Gasteiger partial charge on any atom is -0.382 e. The molecule has 28 heteroatoms. The molecule has 2 N–H and O–H groups in total. The molecule has 0 aliphatic carbocycles. The summed E-state index contributed by atoms with van der Waals surface area (Å²) in [4.78, 5) is 77.7. The monoisotopic (exact) mass is 608 g/mol. The molecule has 0 unspecified atom stereocenters. The van der Waals surface area contributed by atoms with Crippen molar-refractivity contribution in [2.24, 2.45) is 0 Å². The van der Waals surface area contributed by atoms with E-state index in [4.69, 9.17) is 9.47 Å². The average Bonchev–Trinajstić information content (AvgIpc) is 2.83. The van der Waals surface area contributed by atoms with Gasteiger partial charge in [-0.1, -0.05) is 0 Å². The minimum atomic E-state index is -3.88. The molecule has 0 saturated heterocycles. The van der Waals surface area contributed by atoms with Gasteiger partial charge in [0.15, 0.2) is 32.2 Å².